The lowest BCUT2D eigenvalue weighted by molar-refractivity contribution is -0.139. The second kappa shape index (κ2) is 6.63. The van der Waals surface area contributed by atoms with Crippen LogP contribution in [0.1, 0.15) is 6.42 Å². The standard InChI is InChI=1S/C7H13F2NO4/c8-7(9)5(12)3-10-2-4(11)1-6(13)14/h4-5,7,10-12H,1-3H2,(H,13,14). The van der Waals surface area contributed by atoms with E-state index in [-0.39, 0.29) is 13.1 Å². The second-order valence-corrected chi connectivity index (χ2v) is 2.81. The summed E-state index contributed by atoms with van der Waals surface area (Å²) in [5.41, 5.74) is 0. The maximum atomic E-state index is 11.7. The molecule has 2 atom stereocenters. The third-order valence-corrected chi connectivity index (χ3v) is 1.43. The highest BCUT2D eigenvalue weighted by Gasteiger charge is 2.16. The number of hydrogen-bond donors (Lipinski definition) is 4. The van der Waals surface area contributed by atoms with Crippen LogP contribution in [0.25, 0.3) is 0 Å². The topological polar surface area (TPSA) is 89.8 Å². The van der Waals surface area contributed by atoms with E-state index in [0.717, 1.165) is 0 Å². The van der Waals surface area contributed by atoms with Crippen LogP contribution in [0.15, 0.2) is 0 Å². The summed E-state index contributed by atoms with van der Waals surface area (Å²) in [6.45, 7) is -0.523. The van der Waals surface area contributed by atoms with Gasteiger partial charge >= 0.3 is 5.97 Å². The Morgan fingerprint density at radius 1 is 1.29 bits per heavy atom. The van der Waals surface area contributed by atoms with Crippen molar-refractivity contribution in [1.29, 1.82) is 0 Å². The van der Waals surface area contributed by atoms with Crippen molar-refractivity contribution in [3.63, 3.8) is 0 Å². The van der Waals surface area contributed by atoms with Crippen molar-refractivity contribution in [3.05, 3.63) is 0 Å². The molecule has 5 nitrogen and oxygen atoms in total. The number of nitrogens with one attached hydrogen (secondary N) is 1. The van der Waals surface area contributed by atoms with Crippen LogP contribution >= 0.6 is 0 Å². The van der Waals surface area contributed by atoms with Gasteiger partial charge < -0.3 is 20.6 Å². The summed E-state index contributed by atoms with van der Waals surface area (Å²) in [6.07, 6.45) is -6.25. The maximum Gasteiger partial charge on any atom is 0.306 e. The summed E-state index contributed by atoms with van der Waals surface area (Å²) >= 11 is 0. The monoisotopic (exact) mass is 213 g/mol. The molecule has 0 spiro atoms. The van der Waals surface area contributed by atoms with Gasteiger partial charge in [-0.1, -0.05) is 0 Å². The van der Waals surface area contributed by atoms with Crippen LogP contribution in [-0.4, -0.2) is 53.0 Å². The summed E-state index contributed by atoms with van der Waals surface area (Å²) in [7, 11) is 0. The average molecular weight is 213 g/mol. The highest BCUT2D eigenvalue weighted by atomic mass is 19.3. The quantitative estimate of drug-likeness (QED) is 0.437. The third-order valence-electron chi connectivity index (χ3n) is 1.43. The zero-order chi connectivity index (χ0) is 11.1. The SMILES string of the molecule is O=C(O)CC(O)CNCC(O)C(F)F. The molecule has 0 aromatic rings. The van der Waals surface area contributed by atoms with Crippen LogP contribution in [0.2, 0.25) is 0 Å². The molecule has 0 radical (unpaired) electrons. The molecule has 2 unspecified atom stereocenters. The fraction of sp³-hybridized carbons (Fsp3) is 0.857. The molecular weight excluding hydrogens is 200 g/mol. The van der Waals surface area contributed by atoms with E-state index in [0.29, 0.717) is 0 Å². The Morgan fingerprint density at radius 2 is 1.86 bits per heavy atom. The number of rotatable bonds is 7. The number of aliphatic hydroxyl groups excluding tert-OH is 2. The van der Waals surface area contributed by atoms with Gasteiger partial charge in [0.2, 0.25) is 0 Å². The fourth-order valence-electron chi connectivity index (χ4n) is 0.761. The Kier molecular flexibility index (Phi) is 6.26. The van der Waals surface area contributed by atoms with Crippen LogP contribution in [0, 0.1) is 0 Å². The zero-order valence-corrected chi connectivity index (χ0v) is 7.36. The number of alkyl halides is 2. The minimum absolute atomic E-state index is 0.143. The smallest absolute Gasteiger partial charge is 0.306 e. The molecule has 0 saturated carbocycles. The van der Waals surface area contributed by atoms with Gasteiger partial charge in [-0.05, 0) is 0 Å². The molecule has 7 heteroatoms. The lowest BCUT2D eigenvalue weighted by atomic mass is 10.2. The minimum atomic E-state index is -2.85. The molecule has 0 bridgehead atoms. The van der Waals surface area contributed by atoms with Crippen molar-refractivity contribution >= 4 is 5.97 Å². The first kappa shape index (κ1) is 13.2. The van der Waals surface area contributed by atoms with E-state index in [1.54, 1.807) is 0 Å². The van der Waals surface area contributed by atoms with Gasteiger partial charge in [0.1, 0.15) is 6.10 Å². The summed E-state index contributed by atoms with van der Waals surface area (Å²) in [5, 5.41) is 28.1. The number of halogens is 2. The Labute approximate surface area is 79.4 Å². The molecule has 0 aromatic carbocycles. The number of carboxylic acids is 1. The molecule has 0 fully saturated rings. The normalized spacial score (nSPS) is 15.5. The molecule has 0 aliphatic carbocycles. The first-order valence-corrected chi connectivity index (χ1v) is 4.00. The Morgan fingerprint density at radius 3 is 2.29 bits per heavy atom. The lowest BCUT2D eigenvalue weighted by Crippen LogP contribution is -2.37. The van der Waals surface area contributed by atoms with Crippen molar-refractivity contribution in [2.75, 3.05) is 13.1 Å². The van der Waals surface area contributed by atoms with Crippen molar-refractivity contribution in [3.8, 4) is 0 Å². The first-order valence-electron chi connectivity index (χ1n) is 4.00. The van der Waals surface area contributed by atoms with Crippen LogP contribution in [0.3, 0.4) is 0 Å². The van der Waals surface area contributed by atoms with Crippen LogP contribution in [0.5, 0.6) is 0 Å². The molecule has 0 saturated heterocycles. The van der Waals surface area contributed by atoms with Gasteiger partial charge in [0.15, 0.2) is 0 Å². The molecule has 0 amide bonds. The Balaban J connectivity index is 3.48. The van der Waals surface area contributed by atoms with Gasteiger partial charge in [-0.3, -0.25) is 4.79 Å². The summed E-state index contributed by atoms with van der Waals surface area (Å²) in [6, 6.07) is 0. The van der Waals surface area contributed by atoms with Gasteiger partial charge in [0, 0.05) is 13.1 Å². The molecule has 84 valence electrons. The maximum absolute atomic E-state index is 11.7. The highest BCUT2D eigenvalue weighted by Crippen LogP contribution is 1.98. The van der Waals surface area contributed by atoms with Crippen molar-refractivity contribution in [2.45, 2.75) is 25.1 Å². The summed E-state index contributed by atoms with van der Waals surface area (Å²) in [5.74, 6) is -1.17. The molecule has 0 aliphatic rings. The van der Waals surface area contributed by atoms with Crippen LogP contribution in [-0.2, 0) is 4.79 Å². The van der Waals surface area contributed by atoms with Gasteiger partial charge in [-0.2, -0.15) is 0 Å². The van der Waals surface area contributed by atoms with Crippen molar-refractivity contribution < 1.29 is 28.9 Å². The second-order valence-electron chi connectivity index (χ2n) is 2.81. The number of hydrogen-bond acceptors (Lipinski definition) is 4. The summed E-state index contributed by atoms with van der Waals surface area (Å²) < 4.78 is 23.4. The Hall–Kier alpha value is -0.790. The summed E-state index contributed by atoms with van der Waals surface area (Å²) in [4.78, 5) is 10.1. The van der Waals surface area contributed by atoms with E-state index < -0.39 is 31.0 Å². The molecule has 0 rings (SSSR count). The van der Waals surface area contributed by atoms with E-state index in [9.17, 15) is 13.6 Å². The Bertz CT molecular complexity index is 179. The predicted molar refractivity (Wildman–Crippen MR) is 43.1 cm³/mol. The molecule has 4 N–H and O–H groups in total. The van der Waals surface area contributed by atoms with E-state index >= 15 is 0 Å². The van der Waals surface area contributed by atoms with E-state index in [4.69, 9.17) is 15.3 Å². The number of carboxylic acid groups (broad SMARTS) is 1. The van der Waals surface area contributed by atoms with Gasteiger partial charge in [0.05, 0.1) is 12.5 Å². The van der Waals surface area contributed by atoms with Crippen molar-refractivity contribution in [1.82, 2.24) is 5.32 Å². The largest absolute Gasteiger partial charge is 0.481 e. The number of aliphatic hydroxyl groups is 2. The minimum Gasteiger partial charge on any atom is -0.481 e. The fourth-order valence-corrected chi connectivity index (χ4v) is 0.761. The zero-order valence-electron chi connectivity index (χ0n) is 7.36. The van der Waals surface area contributed by atoms with Gasteiger partial charge in [-0.15, -0.1) is 0 Å². The van der Waals surface area contributed by atoms with Gasteiger partial charge in [-0.25, -0.2) is 8.78 Å². The first-order chi connectivity index (χ1) is 6.43. The molecule has 0 aliphatic heterocycles. The van der Waals surface area contributed by atoms with E-state index in [1.165, 1.54) is 0 Å². The van der Waals surface area contributed by atoms with Gasteiger partial charge in [0.25, 0.3) is 6.43 Å². The molecule has 14 heavy (non-hydrogen) atoms. The highest BCUT2D eigenvalue weighted by molar-refractivity contribution is 5.67. The van der Waals surface area contributed by atoms with Crippen molar-refractivity contribution in [2.24, 2.45) is 0 Å². The van der Waals surface area contributed by atoms with Crippen LogP contribution < -0.4 is 5.32 Å². The predicted octanol–water partition coefficient (Wildman–Crippen LogP) is -0.962. The average Bonchev–Trinajstić information content (AvgIpc) is 2.02. The van der Waals surface area contributed by atoms with Crippen LogP contribution in [0.4, 0.5) is 8.78 Å². The molecule has 0 aromatic heterocycles. The molecular formula is C7H13F2NO4. The van der Waals surface area contributed by atoms with E-state index in [2.05, 4.69) is 5.32 Å². The molecule has 0 heterocycles. The third kappa shape index (κ3) is 6.70. The number of carbonyl (C=O) groups is 1. The number of aliphatic carboxylic acids is 1. The van der Waals surface area contributed by atoms with E-state index in [1.807, 2.05) is 0 Å². The lowest BCUT2D eigenvalue weighted by Gasteiger charge is -2.12.